The number of ketones is 2. The summed E-state index contributed by atoms with van der Waals surface area (Å²) in [5.41, 5.74) is 3.15. The molecule has 2 aromatic rings. The summed E-state index contributed by atoms with van der Waals surface area (Å²) in [5.74, 6) is 0.120. The minimum atomic E-state index is -0.174. The number of nitrogens with one attached hydrogen (secondary N) is 1. The molecule has 1 aliphatic rings. The highest BCUT2D eigenvalue weighted by Gasteiger charge is 2.28. The van der Waals surface area contributed by atoms with E-state index in [9.17, 15) is 14.4 Å². The van der Waals surface area contributed by atoms with Crippen LogP contribution < -0.4 is 5.32 Å². The van der Waals surface area contributed by atoms with Crippen LogP contribution in [0.5, 0.6) is 0 Å². The van der Waals surface area contributed by atoms with Crippen molar-refractivity contribution >= 4 is 23.3 Å². The second-order valence-electron chi connectivity index (χ2n) is 7.06. The molecular weight excluding hydrogens is 340 g/mol. The Hall–Kier alpha value is -2.95. The van der Waals surface area contributed by atoms with E-state index in [1.165, 1.54) is 6.92 Å². The number of nitrogens with zero attached hydrogens (tertiary/aromatic N) is 1. The van der Waals surface area contributed by atoms with Gasteiger partial charge in [0.2, 0.25) is 0 Å². The van der Waals surface area contributed by atoms with Crippen LogP contribution in [0.3, 0.4) is 0 Å². The third-order valence-electron chi connectivity index (χ3n) is 5.03. The van der Waals surface area contributed by atoms with Gasteiger partial charge in [0, 0.05) is 35.8 Å². The highest BCUT2D eigenvalue weighted by Crippen LogP contribution is 2.23. The first-order valence-electron chi connectivity index (χ1n) is 9.22. The molecule has 1 N–H and O–H groups in total. The van der Waals surface area contributed by atoms with Gasteiger partial charge in [-0.15, -0.1) is 0 Å². The molecule has 2 amide bonds. The van der Waals surface area contributed by atoms with Crippen molar-refractivity contribution in [2.75, 3.05) is 18.4 Å². The van der Waals surface area contributed by atoms with Gasteiger partial charge in [-0.25, -0.2) is 4.79 Å². The number of rotatable bonds is 4. The average Bonchev–Trinajstić information content (AvgIpc) is 2.68. The molecule has 0 aromatic heterocycles. The Morgan fingerprint density at radius 3 is 2.00 bits per heavy atom. The van der Waals surface area contributed by atoms with Gasteiger partial charge in [-0.3, -0.25) is 9.59 Å². The van der Waals surface area contributed by atoms with E-state index in [0.29, 0.717) is 37.2 Å². The van der Waals surface area contributed by atoms with Crippen molar-refractivity contribution < 1.29 is 14.4 Å². The summed E-state index contributed by atoms with van der Waals surface area (Å²) < 4.78 is 0. The summed E-state index contributed by atoms with van der Waals surface area (Å²) >= 11 is 0. The number of carbonyl (C=O) groups excluding carboxylic acids is 3. The molecule has 0 bridgehead atoms. The summed E-state index contributed by atoms with van der Waals surface area (Å²) in [6.07, 6.45) is 1.34. The molecule has 140 valence electrons. The molecule has 5 nitrogen and oxygen atoms in total. The fourth-order valence-electron chi connectivity index (χ4n) is 3.29. The fourth-order valence-corrected chi connectivity index (χ4v) is 3.29. The molecule has 1 aliphatic heterocycles. The first kappa shape index (κ1) is 18.8. The van der Waals surface area contributed by atoms with Crippen LogP contribution in [0.15, 0.2) is 48.5 Å². The maximum atomic E-state index is 12.6. The number of Topliss-reactive ketones (excluding diaryl/α,β-unsaturated/α-hetero) is 2. The van der Waals surface area contributed by atoms with E-state index in [1.54, 1.807) is 29.2 Å². The van der Waals surface area contributed by atoms with Crippen LogP contribution in [0.4, 0.5) is 10.5 Å². The maximum Gasteiger partial charge on any atom is 0.321 e. The van der Waals surface area contributed by atoms with Crippen LogP contribution in [-0.4, -0.2) is 35.6 Å². The number of aryl methyl sites for hydroxylation is 1. The predicted octanol–water partition coefficient (Wildman–Crippen LogP) is 4.32. The lowest BCUT2D eigenvalue weighted by atomic mass is 9.89. The first-order chi connectivity index (χ1) is 12.9. The molecule has 1 heterocycles. The second kappa shape index (κ2) is 8.16. The Morgan fingerprint density at radius 2 is 1.44 bits per heavy atom. The molecule has 0 radical (unpaired) electrons. The number of amides is 2. The number of benzene rings is 2. The Kier molecular flexibility index (Phi) is 5.69. The number of likely N-dealkylation sites (tertiary alicyclic amines) is 1. The topological polar surface area (TPSA) is 66.5 Å². The molecule has 0 atom stereocenters. The molecule has 0 aliphatic carbocycles. The molecule has 1 saturated heterocycles. The van der Waals surface area contributed by atoms with Crippen molar-refractivity contribution in [2.24, 2.45) is 5.92 Å². The lowest BCUT2D eigenvalue weighted by Crippen LogP contribution is -2.42. The van der Waals surface area contributed by atoms with Crippen molar-refractivity contribution in [1.82, 2.24) is 4.90 Å². The number of piperidine rings is 1. The lowest BCUT2D eigenvalue weighted by molar-refractivity contribution is 0.0859. The van der Waals surface area contributed by atoms with Gasteiger partial charge in [-0.1, -0.05) is 29.8 Å². The number of urea groups is 1. The molecule has 0 unspecified atom stereocenters. The number of hydrogen-bond donors (Lipinski definition) is 1. The molecule has 3 rings (SSSR count). The van der Waals surface area contributed by atoms with E-state index in [1.807, 2.05) is 31.2 Å². The van der Waals surface area contributed by atoms with Gasteiger partial charge in [-0.05, 0) is 51.0 Å². The van der Waals surface area contributed by atoms with Gasteiger partial charge < -0.3 is 10.2 Å². The van der Waals surface area contributed by atoms with Crippen molar-refractivity contribution in [3.05, 3.63) is 65.2 Å². The summed E-state index contributed by atoms with van der Waals surface area (Å²) in [5, 5.41) is 2.85. The number of carbonyl (C=O) groups is 3. The molecule has 5 heteroatoms. The Bertz CT molecular complexity index is 833. The van der Waals surface area contributed by atoms with Crippen LogP contribution in [0.1, 0.15) is 46.0 Å². The smallest absolute Gasteiger partial charge is 0.321 e. The normalized spacial score (nSPS) is 14.7. The molecule has 1 fully saturated rings. The maximum absolute atomic E-state index is 12.6. The van der Waals surface area contributed by atoms with Gasteiger partial charge in [0.25, 0.3) is 0 Å². The molecular formula is C22H24N2O3. The van der Waals surface area contributed by atoms with Gasteiger partial charge in [0.05, 0.1) is 0 Å². The second-order valence-corrected chi connectivity index (χ2v) is 7.06. The minimum Gasteiger partial charge on any atom is -0.324 e. The predicted molar refractivity (Wildman–Crippen MR) is 105 cm³/mol. The first-order valence-corrected chi connectivity index (χ1v) is 9.22. The Balaban J connectivity index is 1.53. The minimum absolute atomic E-state index is 0.00630. The number of anilines is 1. The number of hydrogen-bond acceptors (Lipinski definition) is 3. The van der Waals surface area contributed by atoms with E-state index >= 15 is 0 Å². The van der Waals surface area contributed by atoms with Crippen LogP contribution in [0.25, 0.3) is 0 Å². The quantitative estimate of drug-likeness (QED) is 0.822. The van der Waals surface area contributed by atoms with E-state index in [0.717, 1.165) is 11.1 Å². The SMILES string of the molecule is CC(=O)c1ccc(NC(=O)N2CCC(C(=O)c3ccc(C)cc3)CC2)cc1. The summed E-state index contributed by atoms with van der Waals surface area (Å²) in [4.78, 5) is 38.1. The van der Waals surface area contributed by atoms with Gasteiger partial charge in [-0.2, -0.15) is 0 Å². The van der Waals surface area contributed by atoms with E-state index < -0.39 is 0 Å². The van der Waals surface area contributed by atoms with E-state index in [4.69, 9.17) is 0 Å². The Labute approximate surface area is 159 Å². The average molecular weight is 364 g/mol. The third kappa shape index (κ3) is 4.61. The van der Waals surface area contributed by atoms with Gasteiger partial charge in [0.15, 0.2) is 11.6 Å². The van der Waals surface area contributed by atoms with Crippen molar-refractivity contribution in [1.29, 1.82) is 0 Å². The van der Waals surface area contributed by atoms with Gasteiger partial charge >= 0.3 is 6.03 Å². The Morgan fingerprint density at radius 1 is 0.889 bits per heavy atom. The zero-order chi connectivity index (χ0) is 19.4. The molecule has 0 saturated carbocycles. The molecule has 0 spiro atoms. The zero-order valence-corrected chi connectivity index (χ0v) is 15.7. The molecule has 27 heavy (non-hydrogen) atoms. The standard InChI is InChI=1S/C22H24N2O3/c1-15-3-5-18(6-4-15)21(26)19-11-13-24(14-12-19)22(27)23-20-9-7-17(8-10-20)16(2)25/h3-10,19H,11-14H2,1-2H3,(H,23,27). The summed E-state index contributed by atoms with van der Waals surface area (Å²) in [6, 6.07) is 14.3. The van der Waals surface area contributed by atoms with Crippen molar-refractivity contribution in [2.45, 2.75) is 26.7 Å². The summed E-state index contributed by atoms with van der Waals surface area (Å²) in [6.45, 7) is 4.62. The van der Waals surface area contributed by atoms with Gasteiger partial charge in [0.1, 0.15) is 0 Å². The highest BCUT2D eigenvalue weighted by atomic mass is 16.2. The molecule has 2 aromatic carbocycles. The van der Waals surface area contributed by atoms with Crippen LogP contribution in [-0.2, 0) is 0 Å². The van der Waals surface area contributed by atoms with E-state index in [2.05, 4.69) is 5.32 Å². The monoisotopic (exact) mass is 364 g/mol. The van der Waals surface area contributed by atoms with Crippen LogP contribution in [0, 0.1) is 12.8 Å². The fraction of sp³-hybridized carbons (Fsp3) is 0.318. The van der Waals surface area contributed by atoms with E-state index in [-0.39, 0.29) is 23.5 Å². The van der Waals surface area contributed by atoms with Crippen LogP contribution >= 0.6 is 0 Å². The zero-order valence-electron chi connectivity index (χ0n) is 15.7. The van der Waals surface area contributed by atoms with Crippen molar-refractivity contribution in [3.8, 4) is 0 Å². The van der Waals surface area contributed by atoms with Crippen LogP contribution in [0.2, 0.25) is 0 Å². The van der Waals surface area contributed by atoms with Crippen molar-refractivity contribution in [3.63, 3.8) is 0 Å². The highest BCUT2D eigenvalue weighted by molar-refractivity contribution is 5.98. The summed E-state index contributed by atoms with van der Waals surface area (Å²) in [7, 11) is 0. The third-order valence-corrected chi connectivity index (χ3v) is 5.03. The largest absolute Gasteiger partial charge is 0.324 e. The lowest BCUT2D eigenvalue weighted by Gasteiger charge is -2.31.